The summed E-state index contributed by atoms with van der Waals surface area (Å²) in [6.07, 6.45) is 0.894. The van der Waals surface area contributed by atoms with Crippen LogP contribution < -0.4 is 5.73 Å². The molecule has 1 atom stereocenters. The van der Waals surface area contributed by atoms with Crippen LogP contribution in [0.2, 0.25) is 0 Å². The van der Waals surface area contributed by atoms with Crippen molar-refractivity contribution in [3.63, 3.8) is 0 Å². The molecule has 0 saturated carbocycles. The Kier molecular flexibility index (Phi) is 3.82. The molecule has 1 fully saturated rings. The monoisotopic (exact) mass is 276 g/mol. The summed E-state index contributed by atoms with van der Waals surface area (Å²) in [6, 6.07) is 3.14. The SMILES string of the molecule is CN(C1CCSC1)S(=O)(=O)c1ccc(CN)o1. The Hall–Kier alpha value is -0.500. The highest BCUT2D eigenvalue weighted by Crippen LogP contribution is 2.26. The van der Waals surface area contributed by atoms with Crippen molar-refractivity contribution in [3.05, 3.63) is 17.9 Å². The van der Waals surface area contributed by atoms with Gasteiger partial charge in [-0.15, -0.1) is 0 Å². The van der Waals surface area contributed by atoms with E-state index in [0.29, 0.717) is 5.76 Å². The Labute approximate surface area is 105 Å². The van der Waals surface area contributed by atoms with Crippen molar-refractivity contribution in [2.75, 3.05) is 18.6 Å². The molecule has 1 aromatic heterocycles. The summed E-state index contributed by atoms with van der Waals surface area (Å²) in [4.78, 5) is 0. The zero-order valence-electron chi connectivity index (χ0n) is 9.63. The molecule has 1 unspecified atom stereocenters. The highest BCUT2D eigenvalue weighted by Gasteiger charge is 2.32. The molecule has 7 heteroatoms. The third kappa shape index (κ3) is 2.52. The molecular weight excluding hydrogens is 260 g/mol. The molecule has 0 amide bonds. The zero-order valence-corrected chi connectivity index (χ0v) is 11.3. The largest absolute Gasteiger partial charge is 0.447 e. The normalized spacial score (nSPS) is 21.2. The number of hydrogen-bond donors (Lipinski definition) is 1. The quantitative estimate of drug-likeness (QED) is 0.883. The van der Waals surface area contributed by atoms with Crippen molar-refractivity contribution < 1.29 is 12.8 Å². The maximum atomic E-state index is 12.2. The third-order valence-electron chi connectivity index (χ3n) is 2.89. The summed E-state index contributed by atoms with van der Waals surface area (Å²) < 4.78 is 31.1. The van der Waals surface area contributed by atoms with E-state index in [4.69, 9.17) is 10.2 Å². The van der Waals surface area contributed by atoms with Crippen LogP contribution in [0.3, 0.4) is 0 Å². The minimum atomic E-state index is -3.51. The molecule has 1 aliphatic rings. The lowest BCUT2D eigenvalue weighted by Gasteiger charge is -2.21. The molecule has 2 rings (SSSR count). The molecule has 1 aliphatic heterocycles. The van der Waals surface area contributed by atoms with E-state index in [9.17, 15) is 8.42 Å². The van der Waals surface area contributed by atoms with Crippen molar-refractivity contribution in [2.45, 2.75) is 24.1 Å². The summed E-state index contributed by atoms with van der Waals surface area (Å²) >= 11 is 1.77. The maximum Gasteiger partial charge on any atom is 0.276 e. The average Bonchev–Trinajstić information content (AvgIpc) is 2.98. The first kappa shape index (κ1) is 12.9. The van der Waals surface area contributed by atoms with E-state index in [0.717, 1.165) is 17.9 Å². The van der Waals surface area contributed by atoms with Crippen molar-refractivity contribution in [1.82, 2.24) is 4.31 Å². The highest BCUT2D eigenvalue weighted by atomic mass is 32.2. The number of furan rings is 1. The minimum Gasteiger partial charge on any atom is -0.447 e. The summed E-state index contributed by atoms with van der Waals surface area (Å²) in [7, 11) is -1.91. The van der Waals surface area contributed by atoms with Gasteiger partial charge >= 0.3 is 0 Å². The zero-order chi connectivity index (χ0) is 12.5. The highest BCUT2D eigenvalue weighted by molar-refractivity contribution is 7.99. The Morgan fingerprint density at radius 2 is 2.35 bits per heavy atom. The first-order chi connectivity index (χ1) is 8.05. The molecule has 17 heavy (non-hydrogen) atoms. The fraction of sp³-hybridized carbons (Fsp3) is 0.600. The Bertz CT molecular complexity index is 477. The summed E-state index contributed by atoms with van der Waals surface area (Å²) in [5.74, 6) is 2.34. The van der Waals surface area contributed by atoms with Crippen LogP contribution in [-0.2, 0) is 16.6 Å². The standard InChI is InChI=1S/C10H16N2O3S2/c1-12(8-4-5-16-7-8)17(13,14)10-3-2-9(6-11)15-10/h2-3,8H,4-7,11H2,1H3. The predicted molar refractivity (Wildman–Crippen MR) is 67.3 cm³/mol. The summed E-state index contributed by atoms with van der Waals surface area (Å²) in [5, 5.41) is -0.0163. The van der Waals surface area contributed by atoms with Crippen molar-refractivity contribution in [1.29, 1.82) is 0 Å². The number of hydrogen-bond acceptors (Lipinski definition) is 5. The van der Waals surface area contributed by atoms with E-state index >= 15 is 0 Å². The van der Waals surface area contributed by atoms with E-state index in [2.05, 4.69) is 0 Å². The van der Waals surface area contributed by atoms with Gasteiger partial charge in [0.2, 0.25) is 5.09 Å². The molecule has 0 radical (unpaired) electrons. The van der Waals surface area contributed by atoms with Gasteiger partial charge in [0.05, 0.1) is 6.54 Å². The average molecular weight is 276 g/mol. The molecular formula is C10H16N2O3S2. The van der Waals surface area contributed by atoms with Crippen LogP contribution in [0, 0.1) is 0 Å². The Morgan fingerprint density at radius 1 is 1.59 bits per heavy atom. The van der Waals surface area contributed by atoms with E-state index in [-0.39, 0.29) is 17.7 Å². The van der Waals surface area contributed by atoms with Crippen LogP contribution in [0.5, 0.6) is 0 Å². The Balaban J connectivity index is 2.22. The van der Waals surface area contributed by atoms with Crippen LogP contribution in [0.1, 0.15) is 12.2 Å². The van der Waals surface area contributed by atoms with E-state index in [1.807, 2.05) is 0 Å². The van der Waals surface area contributed by atoms with Crippen LogP contribution in [0.25, 0.3) is 0 Å². The van der Waals surface area contributed by atoms with Crippen LogP contribution in [0.15, 0.2) is 21.6 Å². The summed E-state index contributed by atoms with van der Waals surface area (Å²) in [5.41, 5.74) is 5.40. The molecule has 96 valence electrons. The van der Waals surface area contributed by atoms with Gasteiger partial charge in [0.15, 0.2) is 0 Å². The number of nitrogens with two attached hydrogens (primary N) is 1. The predicted octanol–water partition coefficient (Wildman–Crippen LogP) is 0.864. The first-order valence-electron chi connectivity index (χ1n) is 5.40. The molecule has 0 bridgehead atoms. The molecule has 5 nitrogen and oxygen atoms in total. The van der Waals surface area contributed by atoms with Crippen LogP contribution >= 0.6 is 11.8 Å². The molecule has 2 heterocycles. The van der Waals surface area contributed by atoms with Gasteiger partial charge in [-0.2, -0.15) is 16.1 Å². The fourth-order valence-corrected chi connectivity index (χ4v) is 4.42. The van der Waals surface area contributed by atoms with E-state index in [1.165, 1.54) is 10.4 Å². The van der Waals surface area contributed by atoms with Gasteiger partial charge in [-0.1, -0.05) is 0 Å². The van der Waals surface area contributed by atoms with Gasteiger partial charge in [0.25, 0.3) is 10.0 Å². The second-order valence-electron chi connectivity index (χ2n) is 3.96. The Morgan fingerprint density at radius 3 is 2.88 bits per heavy atom. The molecule has 0 aliphatic carbocycles. The van der Waals surface area contributed by atoms with Crippen molar-refractivity contribution in [3.8, 4) is 0 Å². The smallest absolute Gasteiger partial charge is 0.276 e. The topological polar surface area (TPSA) is 76.5 Å². The van der Waals surface area contributed by atoms with Crippen molar-refractivity contribution in [2.24, 2.45) is 5.73 Å². The number of sulfonamides is 1. The van der Waals surface area contributed by atoms with Gasteiger partial charge in [-0.3, -0.25) is 0 Å². The summed E-state index contributed by atoms with van der Waals surface area (Å²) in [6.45, 7) is 0.207. The molecule has 1 saturated heterocycles. The lowest BCUT2D eigenvalue weighted by atomic mass is 10.3. The lowest BCUT2D eigenvalue weighted by molar-refractivity contribution is 0.359. The number of nitrogens with zero attached hydrogens (tertiary/aromatic N) is 1. The maximum absolute atomic E-state index is 12.2. The second-order valence-corrected chi connectivity index (χ2v) is 7.04. The molecule has 0 spiro atoms. The van der Waals surface area contributed by atoms with Crippen molar-refractivity contribution >= 4 is 21.8 Å². The molecule has 2 N–H and O–H groups in total. The lowest BCUT2D eigenvalue weighted by Crippen LogP contribution is -2.36. The number of thioether (sulfide) groups is 1. The minimum absolute atomic E-state index is 0.0163. The van der Waals surface area contributed by atoms with Gasteiger partial charge < -0.3 is 10.2 Å². The van der Waals surface area contributed by atoms with Gasteiger partial charge in [0.1, 0.15) is 5.76 Å². The van der Waals surface area contributed by atoms with Gasteiger partial charge in [0, 0.05) is 18.8 Å². The second kappa shape index (κ2) is 5.01. The van der Waals surface area contributed by atoms with Gasteiger partial charge in [-0.05, 0) is 24.3 Å². The van der Waals surface area contributed by atoms with E-state index in [1.54, 1.807) is 24.9 Å². The fourth-order valence-electron chi connectivity index (χ4n) is 1.75. The van der Waals surface area contributed by atoms with E-state index < -0.39 is 10.0 Å². The van der Waals surface area contributed by atoms with Crippen LogP contribution in [-0.4, -0.2) is 37.3 Å². The van der Waals surface area contributed by atoms with Gasteiger partial charge in [-0.25, -0.2) is 8.42 Å². The third-order valence-corrected chi connectivity index (χ3v) is 5.82. The molecule has 1 aromatic rings. The van der Waals surface area contributed by atoms with Crippen LogP contribution in [0.4, 0.5) is 0 Å². The number of rotatable bonds is 4. The first-order valence-corrected chi connectivity index (χ1v) is 7.99. The molecule has 0 aromatic carbocycles.